The van der Waals surface area contributed by atoms with Gasteiger partial charge in [-0.15, -0.1) is 0 Å². The second kappa shape index (κ2) is 6.22. The summed E-state index contributed by atoms with van der Waals surface area (Å²) in [5, 5.41) is 7.23. The molecule has 0 bridgehead atoms. The Bertz CT molecular complexity index is 678. The monoisotopic (exact) mass is 299 g/mol. The Kier molecular flexibility index (Phi) is 4.13. The predicted molar refractivity (Wildman–Crippen MR) is 83.8 cm³/mol. The van der Waals surface area contributed by atoms with Crippen molar-refractivity contribution in [1.29, 1.82) is 0 Å². The summed E-state index contributed by atoms with van der Waals surface area (Å²) in [5.41, 5.74) is 3.39. The molecule has 22 heavy (non-hydrogen) atoms. The van der Waals surface area contributed by atoms with Crippen molar-refractivity contribution in [3.8, 4) is 5.75 Å². The Balaban J connectivity index is 1.52. The number of benzene rings is 1. The van der Waals surface area contributed by atoms with E-state index in [4.69, 9.17) is 4.74 Å². The van der Waals surface area contributed by atoms with Gasteiger partial charge in [0, 0.05) is 26.2 Å². The molecule has 3 rings (SSSR count). The lowest BCUT2D eigenvalue weighted by molar-refractivity contribution is -0.128. The molecule has 1 atom stereocenters. The summed E-state index contributed by atoms with van der Waals surface area (Å²) < 4.78 is 7.59. The van der Waals surface area contributed by atoms with Gasteiger partial charge in [0.2, 0.25) is 0 Å². The summed E-state index contributed by atoms with van der Waals surface area (Å²) >= 11 is 0. The molecule has 1 aliphatic heterocycles. The van der Waals surface area contributed by atoms with Crippen molar-refractivity contribution in [3.63, 3.8) is 0 Å². The highest BCUT2D eigenvalue weighted by Gasteiger charge is 2.25. The van der Waals surface area contributed by atoms with Crippen LogP contribution in [0.2, 0.25) is 0 Å². The van der Waals surface area contributed by atoms with Gasteiger partial charge in [-0.25, -0.2) is 0 Å². The van der Waals surface area contributed by atoms with Crippen LogP contribution in [0, 0.1) is 6.92 Å². The number of carbonyl (C=O) groups is 1. The van der Waals surface area contributed by atoms with E-state index in [9.17, 15) is 4.79 Å². The van der Waals surface area contributed by atoms with Crippen molar-refractivity contribution < 1.29 is 9.53 Å². The third-order valence-corrected chi connectivity index (χ3v) is 3.90. The number of ether oxygens (including phenoxy) is 1. The van der Waals surface area contributed by atoms with E-state index in [1.165, 1.54) is 11.1 Å². The first-order valence-electron chi connectivity index (χ1n) is 7.64. The number of amides is 1. The van der Waals surface area contributed by atoms with E-state index < -0.39 is 0 Å². The maximum atomic E-state index is 12.2. The highest BCUT2D eigenvalue weighted by Crippen LogP contribution is 2.28. The van der Waals surface area contributed by atoms with Gasteiger partial charge in [0.25, 0.3) is 5.91 Å². The van der Waals surface area contributed by atoms with Gasteiger partial charge in [-0.05, 0) is 37.5 Å². The average Bonchev–Trinajstić information content (AvgIpc) is 2.92. The molecule has 0 spiro atoms. The molecule has 116 valence electrons. The smallest absolute Gasteiger partial charge is 0.261 e. The standard InChI is InChI=1S/C17H21N3O2/c1-12-3-5-15-13(11-12)4-6-16(22-15)17(21)18-9-7-14-8-10-20(2)19-14/h3,5,8,10-11,16H,4,6-7,9H2,1-2H3,(H,18,21). The third kappa shape index (κ3) is 3.30. The Morgan fingerprint density at radius 3 is 3.09 bits per heavy atom. The quantitative estimate of drug-likeness (QED) is 0.936. The van der Waals surface area contributed by atoms with Gasteiger partial charge >= 0.3 is 0 Å². The first-order valence-corrected chi connectivity index (χ1v) is 7.64. The summed E-state index contributed by atoms with van der Waals surface area (Å²) in [7, 11) is 1.89. The Morgan fingerprint density at radius 2 is 2.32 bits per heavy atom. The average molecular weight is 299 g/mol. The lowest BCUT2D eigenvalue weighted by atomic mass is 10.00. The van der Waals surface area contributed by atoms with Crippen molar-refractivity contribution in [1.82, 2.24) is 15.1 Å². The van der Waals surface area contributed by atoms with Crippen LogP contribution in [0.25, 0.3) is 0 Å². The Hall–Kier alpha value is -2.30. The maximum absolute atomic E-state index is 12.2. The number of fused-ring (bicyclic) bond motifs is 1. The van der Waals surface area contributed by atoms with Crippen LogP contribution >= 0.6 is 0 Å². The van der Waals surface area contributed by atoms with E-state index >= 15 is 0 Å². The molecule has 1 N–H and O–H groups in total. The molecule has 2 heterocycles. The molecule has 1 aromatic carbocycles. The molecular weight excluding hydrogens is 278 g/mol. The maximum Gasteiger partial charge on any atom is 0.261 e. The molecule has 1 aliphatic rings. The first-order chi connectivity index (χ1) is 10.6. The van der Waals surface area contributed by atoms with E-state index in [2.05, 4.69) is 23.4 Å². The van der Waals surface area contributed by atoms with Crippen LogP contribution in [-0.2, 0) is 24.7 Å². The van der Waals surface area contributed by atoms with Crippen molar-refractivity contribution in [3.05, 3.63) is 47.3 Å². The van der Waals surface area contributed by atoms with Gasteiger partial charge < -0.3 is 10.1 Å². The number of aryl methyl sites for hydroxylation is 3. The minimum absolute atomic E-state index is 0.0397. The lowest BCUT2D eigenvalue weighted by Gasteiger charge is -2.25. The number of carbonyl (C=O) groups excluding carboxylic acids is 1. The number of hydrogen-bond donors (Lipinski definition) is 1. The van der Waals surface area contributed by atoms with E-state index in [-0.39, 0.29) is 12.0 Å². The van der Waals surface area contributed by atoms with Gasteiger partial charge in [0.1, 0.15) is 5.75 Å². The molecule has 1 amide bonds. The molecule has 0 saturated heterocycles. The topological polar surface area (TPSA) is 56.2 Å². The molecule has 0 radical (unpaired) electrons. The van der Waals surface area contributed by atoms with E-state index in [1.54, 1.807) is 4.68 Å². The zero-order valence-corrected chi connectivity index (χ0v) is 13.0. The van der Waals surface area contributed by atoms with Gasteiger partial charge in [0.15, 0.2) is 6.10 Å². The molecule has 5 heteroatoms. The summed E-state index contributed by atoms with van der Waals surface area (Å²) in [4.78, 5) is 12.2. The van der Waals surface area contributed by atoms with Crippen LogP contribution in [-0.4, -0.2) is 28.3 Å². The minimum atomic E-state index is -0.390. The molecular formula is C17H21N3O2. The molecule has 0 aliphatic carbocycles. The fourth-order valence-corrected chi connectivity index (χ4v) is 2.73. The zero-order valence-electron chi connectivity index (χ0n) is 13.0. The lowest BCUT2D eigenvalue weighted by Crippen LogP contribution is -2.41. The first kappa shape index (κ1) is 14.6. The van der Waals surface area contributed by atoms with Crippen LogP contribution in [0.4, 0.5) is 0 Å². The SMILES string of the molecule is Cc1ccc2c(c1)CCC(C(=O)NCCc1ccn(C)n1)O2. The van der Waals surface area contributed by atoms with Gasteiger partial charge in [-0.2, -0.15) is 5.10 Å². The number of aromatic nitrogens is 2. The highest BCUT2D eigenvalue weighted by molar-refractivity contribution is 5.81. The summed E-state index contributed by atoms with van der Waals surface area (Å²) in [5.74, 6) is 0.795. The Labute approximate surface area is 130 Å². The largest absolute Gasteiger partial charge is 0.480 e. The predicted octanol–water partition coefficient (Wildman–Crippen LogP) is 1.78. The highest BCUT2D eigenvalue weighted by atomic mass is 16.5. The summed E-state index contributed by atoms with van der Waals surface area (Å²) in [6.45, 7) is 2.65. The molecule has 1 aromatic heterocycles. The van der Waals surface area contributed by atoms with Crippen LogP contribution in [0.15, 0.2) is 30.5 Å². The second-order valence-electron chi connectivity index (χ2n) is 5.78. The van der Waals surface area contributed by atoms with Crippen molar-refractivity contribution in [2.45, 2.75) is 32.3 Å². The second-order valence-corrected chi connectivity index (χ2v) is 5.78. The zero-order chi connectivity index (χ0) is 15.5. The van der Waals surface area contributed by atoms with E-state index in [1.807, 2.05) is 31.4 Å². The van der Waals surface area contributed by atoms with Crippen LogP contribution < -0.4 is 10.1 Å². The summed E-state index contributed by atoms with van der Waals surface area (Å²) in [6.07, 6.45) is 3.86. The molecule has 2 aromatic rings. The minimum Gasteiger partial charge on any atom is -0.480 e. The third-order valence-electron chi connectivity index (χ3n) is 3.90. The van der Waals surface area contributed by atoms with Crippen molar-refractivity contribution in [2.24, 2.45) is 7.05 Å². The number of nitrogens with zero attached hydrogens (tertiary/aromatic N) is 2. The number of nitrogens with one attached hydrogen (secondary N) is 1. The number of rotatable bonds is 4. The van der Waals surface area contributed by atoms with Gasteiger partial charge in [-0.1, -0.05) is 17.7 Å². The molecule has 5 nitrogen and oxygen atoms in total. The van der Waals surface area contributed by atoms with Crippen molar-refractivity contribution >= 4 is 5.91 Å². The Morgan fingerprint density at radius 1 is 1.45 bits per heavy atom. The van der Waals surface area contributed by atoms with E-state index in [0.717, 1.165) is 30.7 Å². The van der Waals surface area contributed by atoms with Crippen molar-refractivity contribution in [2.75, 3.05) is 6.54 Å². The van der Waals surface area contributed by atoms with Gasteiger partial charge in [0.05, 0.1) is 5.69 Å². The van der Waals surface area contributed by atoms with Crippen LogP contribution in [0.5, 0.6) is 5.75 Å². The van der Waals surface area contributed by atoms with Crippen LogP contribution in [0.3, 0.4) is 0 Å². The fraction of sp³-hybridized carbons (Fsp3) is 0.412. The summed E-state index contributed by atoms with van der Waals surface area (Å²) in [6, 6.07) is 8.06. The van der Waals surface area contributed by atoms with Gasteiger partial charge in [-0.3, -0.25) is 9.48 Å². The molecule has 0 saturated carbocycles. The molecule has 1 unspecified atom stereocenters. The van der Waals surface area contributed by atoms with E-state index in [0.29, 0.717) is 6.54 Å². The number of hydrogen-bond acceptors (Lipinski definition) is 3. The fourth-order valence-electron chi connectivity index (χ4n) is 2.73. The normalized spacial score (nSPS) is 16.7. The molecule has 0 fully saturated rings. The van der Waals surface area contributed by atoms with Crippen LogP contribution in [0.1, 0.15) is 23.2 Å².